The van der Waals surface area contributed by atoms with Crippen molar-refractivity contribution < 1.29 is 33.3 Å². The molecule has 0 aromatic rings. The number of amides is 2. The second-order valence-corrected chi connectivity index (χ2v) is 7.12. The van der Waals surface area contributed by atoms with Crippen molar-refractivity contribution in [3.8, 4) is 12.3 Å². The molecular formula is C18H27NO7. The maximum atomic E-state index is 12.2. The normalized spacial score (nSPS) is 11.4. The van der Waals surface area contributed by atoms with Gasteiger partial charge >= 0.3 is 18.2 Å². The molecule has 8 nitrogen and oxygen atoms in total. The van der Waals surface area contributed by atoms with Gasteiger partial charge in [0.2, 0.25) is 0 Å². The largest absolute Gasteiger partial charge is 0.489 e. The maximum absolute atomic E-state index is 12.2. The Hall–Kier alpha value is -2.69. The average Bonchev–Trinajstić information content (AvgIpc) is 2.44. The fourth-order valence-corrected chi connectivity index (χ4v) is 1.36. The highest BCUT2D eigenvalue weighted by Gasteiger charge is 2.33. The molecule has 0 bridgehead atoms. The lowest BCUT2D eigenvalue weighted by Crippen LogP contribution is -2.46. The smallest absolute Gasteiger partial charge is 0.420 e. The van der Waals surface area contributed by atoms with Crippen LogP contribution in [-0.2, 0) is 23.7 Å². The number of nitrogens with zero attached hydrogens (tertiary/aromatic N) is 1. The molecular weight excluding hydrogens is 342 g/mol. The van der Waals surface area contributed by atoms with Gasteiger partial charge in [0, 0.05) is 0 Å². The number of hydrogen-bond donors (Lipinski definition) is 0. The number of carbonyl (C=O) groups excluding carboxylic acids is 3. The predicted octanol–water partition coefficient (Wildman–Crippen LogP) is 2.87. The minimum atomic E-state index is -1.00. The van der Waals surface area contributed by atoms with Crippen LogP contribution in [0.5, 0.6) is 0 Å². The van der Waals surface area contributed by atoms with Crippen LogP contribution in [0.4, 0.5) is 9.59 Å². The van der Waals surface area contributed by atoms with E-state index in [-0.39, 0.29) is 13.2 Å². The van der Waals surface area contributed by atoms with Crippen LogP contribution in [0.3, 0.4) is 0 Å². The van der Waals surface area contributed by atoms with Crippen LogP contribution in [0, 0.1) is 12.3 Å². The number of ether oxygens (including phenoxy) is 4. The molecule has 0 radical (unpaired) electrons. The standard InChI is InChI=1S/C18H27NO7/c1-8-10-23-11-9-12-24-14(20)13-19(15(21)25-17(2,3)4)16(22)26-18(5,6)7/h1,9,11H,10,12-13H2,2-7H3/b11-9+. The zero-order valence-corrected chi connectivity index (χ0v) is 16.2. The van der Waals surface area contributed by atoms with E-state index in [0.717, 1.165) is 0 Å². The van der Waals surface area contributed by atoms with Crippen LogP contribution >= 0.6 is 0 Å². The summed E-state index contributed by atoms with van der Waals surface area (Å²) in [5.74, 6) is 1.45. The quantitative estimate of drug-likeness (QED) is 0.234. The number of carbonyl (C=O) groups is 3. The van der Waals surface area contributed by atoms with Crippen molar-refractivity contribution in [2.24, 2.45) is 0 Å². The van der Waals surface area contributed by atoms with Crippen molar-refractivity contribution in [1.82, 2.24) is 4.90 Å². The fourth-order valence-electron chi connectivity index (χ4n) is 1.36. The van der Waals surface area contributed by atoms with Crippen molar-refractivity contribution in [2.45, 2.75) is 52.7 Å². The molecule has 0 heterocycles. The molecule has 146 valence electrons. The molecule has 2 amide bonds. The second-order valence-electron chi connectivity index (χ2n) is 7.12. The first-order valence-corrected chi connectivity index (χ1v) is 7.95. The van der Waals surface area contributed by atoms with Crippen LogP contribution in [-0.4, -0.2) is 54.0 Å². The van der Waals surface area contributed by atoms with Crippen molar-refractivity contribution in [2.75, 3.05) is 19.8 Å². The Bertz CT molecular complexity index is 534. The lowest BCUT2D eigenvalue weighted by Gasteiger charge is -2.28. The zero-order chi connectivity index (χ0) is 20.4. The Kier molecular flexibility index (Phi) is 9.27. The molecule has 0 aromatic heterocycles. The molecule has 0 saturated carbocycles. The minimum absolute atomic E-state index is 0.0928. The van der Waals surface area contributed by atoms with Gasteiger partial charge in [0.05, 0.1) is 6.26 Å². The molecule has 0 aliphatic carbocycles. The third-order valence-electron chi connectivity index (χ3n) is 2.21. The van der Waals surface area contributed by atoms with Gasteiger partial charge in [-0.05, 0) is 47.6 Å². The second kappa shape index (κ2) is 10.3. The minimum Gasteiger partial charge on any atom is -0.489 e. The molecule has 8 heteroatoms. The highest BCUT2D eigenvalue weighted by atomic mass is 16.6. The van der Waals surface area contributed by atoms with Gasteiger partial charge in [-0.25, -0.2) is 14.5 Å². The third kappa shape index (κ3) is 11.8. The van der Waals surface area contributed by atoms with Crippen LogP contribution in [0.2, 0.25) is 0 Å². The van der Waals surface area contributed by atoms with Crippen molar-refractivity contribution in [3.63, 3.8) is 0 Å². The SMILES string of the molecule is C#CCO/C=C/COC(=O)CN(C(=O)OC(C)(C)C)C(=O)OC(C)(C)C. The number of rotatable bonds is 6. The van der Waals surface area contributed by atoms with Crippen molar-refractivity contribution in [1.29, 1.82) is 0 Å². The summed E-state index contributed by atoms with van der Waals surface area (Å²) in [5.41, 5.74) is -1.70. The lowest BCUT2D eigenvalue weighted by molar-refractivity contribution is -0.143. The Labute approximate surface area is 154 Å². The van der Waals surface area contributed by atoms with Gasteiger partial charge in [-0.2, -0.15) is 0 Å². The van der Waals surface area contributed by atoms with E-state index in [9.17, 15) is 14.4 Å². The summed E-state index contributed by atoms with van der Waals surface area (Å²) in [7, 11) is 0. The molecule has 0 aliphatic rings. The molecule has 26 heavy (non-hydrogen) atoms. The molecule has 0 aliphatic heterocycles. The molecule has 0 N–H and O–H groups in total. The zero-order valence-electron chi connectivity index (χ0n) is 16.2. The highest BCUT2D eigenvalue weighted by molar-refractivity contribution is 5.92. The van der Waals surface area contributed by atoms with E-state index >= 15 is 0 Å². The predicted molar refractivity (Wildman–Crippen MR) is 94.1 cm³/mol. The van der Waals surface area contributed by atoms with Crippen molar-refractivity contribution in [3.05, 3.63) is 12.3 Å². The number of esters is 1. The molecule has 0 aromatic carbocycles. The summed E-state index contributed by atoms with van der Waals surface area (Å²) in [6.45, 7) is 9.15. The van der Waals surface area contributed by atoms with Gasteiger partial charge in [-0.3, -0.25) is 4.79 Å². The first-order chi connectivity index (χ1) is 11.9. The fraction of sp³-hybridized carbons (Fsp3) is 0.611. The summed E-state index contributed by atoms with van der Waals surface area (Å²) in [4.78, 5) is 36.9. The highest BCUT2D eigenvalue weighted by Crippen LogP contribution is 2.14. The van der Waals surface area contributed by atoms with Gasteiger partial charge in [0.1, 0.15) is 31.0 Å². The molecule has 0 spiro atoms. The summed E-state index contributed by atoms with van der Waals surface area (Å²) in [6, 6.07) is 0. The molecule has 0 rings (SSSR count). The van der Waals surface area contributed by atoms with E-state index in [1.807, 2.05) is 0 Å². The van der Waals surface area contributed by atoms with Crippen LogP contribution < -0.4 is 0 Å². The van der Waals surface area contributed by atoms with Gasteiger partial charge in [0.15, 0.2) is 0 Å². The van der Waals surface area contributed by atoms with E-state index < -0.39 is 35.9 Å². The summed E-state index contributed by atoms with van der Waals surface area (Å²) in [5, 5.41) is 0. The summed E-state index contributed by atoms with van der Waals surface area (Å²) < 4.78 is 20.0. The van der Waals surface area contributed by atoms with Crippen LogP contribution in [0.25, 0.3) is 0 Å². The Balaban J connectivity index is 4.87. The maximum Gasteiger partial charge on any atom is 0.420 e. The number of terminal acetylenes is 1. The first-order valence-electron chi connectivity index (χ1n) is 7.95. The number of imide groups is 1. The Morgan fingerprint density at radius 1 is 1.00 bits per heavy atom. The van der Waals surface area contributed by atoms with Crippen LogP contribution in [0.15, 0.2) is 12.3 Å². The van der Waals surface area contributed by atoms with Gasteiger partial charge in [-0.1, -0.05) is 5.92 Å². The average molecular weight is 369 g/mol. The third-order valence-corrected chi connectivity index (χ3v) is 2.21. The van der Waals surface area contributed by atoms with E-state index in [0.29, 0.717) is 4.90 Å². The number of hydrogen-bond acceptors (Lipinski definition) is 7. The lowest BCUT2D eigenvalue weighted by atomic mass is 10.2. The first kappa shape index (κ1) is 23.3. The van der Waals surface area contributed by atoms with E-state index in [2.05, 4.69) is 5.92 Å². The van der Waals surface area contributed by atoms with Gasteiger partial charge in [-0.15, -0.1) is 6.42 Å². The monoisotopic (exact) mass is 369 g/mol. The molecule has 0 unspecified atom stereocenters. The van der Waals surface area contributed by atoms with Gasteiger partial charge < -0.3 is 18.9 Å². The Morgan fingerprint density at radius 2 is 1.50 bits per heavy atom. The summed E-state index contributed by atoms with van der Waals surface area (Å²) in [6.07, 6.45) is 5.70. The Morgan fingerprint density at radius 3 is 1.92 bits per heavy atom. The van der Waals surface area contributed by atoms with E-state index in [4.69, 9.17) is 25.4 Å². The molecule has 0 saturated heterocycles. The van der Waals surface area contributed by atoms with E-state index in [1.54, 1.807) is 41.5 Å². The molecule has 0 fully saturated rings. The topological polar surface area (TPSA) is 91.4 Å². The van der Waals surface area contributed by atoms with Gasteiger partial charge in [0.25, 0.3) is 0 Å². The van der Waals surface area contributed by atoms with E-state index in [1.165, 1.54) is 12.3 Å². The van der Waals surface area contributed by atoms with Crippen molar-refractivity contribution >= 4 is 18.2 Å². The van der Waals surface area contributed by atoms with Crippen LogP contribution in [0.1, 0.15) is 41.5 Å². The molecule has 0 atom stereocenters. The summed E-state index contributed by atoms with van der Waals surface area (Å²) >= 11 is 0.